The van der Waals surface area contributed by atoms with E-state index in [4.69, 9.17) is 0 Å². The lowest BCUT2D eigenvalue weighted by Crippen LogP contribution is -2.51. The van der Waals surface area contributed by atoms with Crippen molar-refractivity contribution in [1.29, 1.82) is 0 Å². The molecule has 8 heteroatoms. The largest absolute Gasteiger partial charge is 0.352 e. The van der Waals surface area contributed by atoms with Crippen LogP contribution in [0.25, 0.3) is 0 Å². The van der Waals surface area contributed by atoms with Crippen LogP contribution in [0.1, 0.15) is 63.9 Å². The summed E-state index contributed by atoms with van der Waals surface area (Å²) in [6, 6.07) is 5.19. The van der Waals surface area contributed by atoms with Crippen molar-refractivity contribution in [1.82, 2.24) is 15.1 Å². The van der Waals surface area contributed by atoms with Gasteiger partial charge in [0, 0.05) is 25.6 Å². The number of rotatable bonds is 8. The monoisotopic (exact) mass is 483 g/mol. The average molecular weight is 484 g/mol. The van der Waals surface area contributed by atoms with Crippen molar-refractivity contribution in [3.63, 3.8) is 0 Å². The first kappa shape index (κ1) is 25.1. The molecule has 1 heterocycles. The van der Waals surface area contributed by atoms with Crippen molar-refractivity contribution in [2.75, 3.05) is 6.54 Å². The van der Waals surface area contributed by atoms with E-state index in [-0.39, 0.29) is 66.8 Å². The topological polar surface area (TPSA) is 86.8 Å². The second-order valence-electron chi connectivity index (χ2n) is 9.90. The third-order valence-corrected chi connectivity index (χ3v) is 7.53. The van der Waals surface area contributed by atoms with E-state index in [2.05, 4.69) is 5.32 Å². The van der Waals surface area contributed by atoms with Crippen LogP contribution < -0.4 is 5.32 Å². The van der Waals surface area contributed by atoms with Gasteiger partial charge in [0.15, 0.2) is 0 Å². The lowest BCUT2D eigenvalue weighted by molar-refractivity contribution is -0.144. The highest BCUT2D eigenvalue weighted by Crippen LogP contribution is 2.35. The van der Waals surface area contributed by atoms with Crippen LogP contribution >= 0.6 is 0 Å². The fraction of sp³-hybridized carbons (Fsp3) is 0.556. The molecule has 35 heavy (non-hydrogen) atoms. The number of amides is 4. The molecule has 1 saturated heterocycles. The van der Waals surface area contributed by atoms with Crippen molar-refractivity contribution in [3.05, 3.63) is 47.8 Å². The van der Waals surface area contributed by atoms with Crippen molar-refractivity contribution in [2.24, 2.45) is 11.8 Å². The Labute approximate surface area is 205 Å². The molecule has 4 amide bonds. The third-order valence-electron chi connectivity index (χ3n) is 7.53. The zero-order valence-corrected chi connectivity index (χ0v) is 20.2. The standard InChI is InChI=1S/C27H34FN3O4/c1-18(25(33)29-21-7-3-2-4-8-21)31(17-19-11-13-20(28)14-12-19)24(32)15-16-30-26(34)22-9-5-6-10-23(22)27(30)35/h5-6,11-14,18,21-23H,2-4,7-10,15-17H2,1H3,(H,29,33)/t18?,22-,23+. The van der Waals surface area contributed by atoms with Gasteiger partial charge < -0.3 is 10.2 Å². The SMILES string of the molecule is CC(C(=O)NC1CCCCC1)N(Cc1ccc(F)cc1)C(=O)CCN1C(=O)[C@H]2CC=CC[C@H]2C1=O. The van der Waals surface area contributed by atoms with E-state index in [0.29, 0.717) is 18.4 Å². The Bertz CT molecular complexity index is 961. The van der Waals surface area contributed by atoms with Gasteiger partial charge in [0.25, 0.3) is 0 Å². The first-order valence-electron chi connectivity index (χ1n) is 12.7. The fourth-order valence-electron chi connectivity index (χ4n) is 5.38. The van der Waals surface area contributed by atoms with Crippen LogP contribution in [0.5, 0.6) is 0 Å². The summed E-state index contributed by atoms with van der Waals surface area (Å²) in [6.45, 7) is 1.82. The van der Waals surface area contributed by atoms with Gasteiger partial charge in [0.1, 0.15) is 11.9 Å². The van der Waals surface area contributed by atoms with Crippen LogP contribution in [-0.4, -0.2) is 52.1 Å². The van der Waals surface area contributed by atoms with Crippen LogP contribution in [0, 0.1) is 17.7 Å². The molecule has 7 nitrogen and oxygen atoms in total. The van der Waals surface area contributed by atoms with Crippen LogP contribution in [0.15, 0.2) is 36.4 Å². The minimum absolute atomic E-state index is 0.000379. The van der Waals surface area contributed by atoms with Gasteiger partial charge in [-0.1, -0.05) is 43.5 Å². The second-order valence-corrected chi connectivity index (χ2v) is 9.90. The molecule has 1 aliphatic heterocycles. The van der Waals surface area contributed by atoms with Gasteiger partial charge in [0.05, 0.1) is 11.8 Å². The molecule has 2 aliphatic carbocycles. The van der Waals surface area contributed by atoms with E-state index in [0.717, 1.165) is 25.7 Å². The maximum Gasteiger partial charge on any atom is 0.242 e. The molecule has 4 rings (SSSR count). The quantitative estimate of drug-likeness (QED) is 0.454. The van der Waals surface area contributed by atoms with Crippen LogP contribution in [-0.2, 0) is 25.7 Å². The number of imide groups is 1. The summed E-state index contributed by atoms with van der Waals surface area (Å²) in [4.78, 5) is 54.6. The normalized spacial score (nSPS) is 23.2. The molecule has 2 fully saturated rings. The summed E-state index contributed by atoms with van der Waals surface area (Å²) in [5.74, 6) is -2.03. The fourth-order valence-corrected chi connectivity index (χ4v) is 5.38. The van der Waals surface area contributed by atoms with Gasteiger partial charge in [-0.2, -0.15) is 0 Å². The van der Waals surface area contributed by atoms with Crippen molar-refractivity contribution in [3.8, 4) is 0 Å². The molecule has 0 aromatic heterocycles. The first-order valence-corrected chi connectivity index (χ1v) is 12.7. The number of allylic oxidation sites excluding steroid dienone is 2. The van der Waals surface area contributed by atoms with E-state index in [9.17, 15) is 23.6 Å². The zero-order valence-electron chi connectivity index (χ0n) is 20.2. The number of carbonyl (C=O) groups is 4. The molecule has 1 aromatic carbocycles. The third kappa shape index (κ3) is 5.80. The molecule has 1 aromatic rings. The van der Waals surface area contributed by atoms with Gasteiger partial charge >= 0.3 is 0 Å². The zero-order chi connectivity index (χ0) is 24.9. The van der Waals surface area contributed by atoms with Crippen molar-refractivity contribution >= 4 is 23.6 Å². The van der Waals surface area contributed by atoms with Gasteiger partial charge in [-0.3, -0.25) is 24.1 Å². The molecule has 3 aliphatic rings. The number of halogens is 1. The number of nitrogens with one attached hydrogen (secondary N) is 1. The van der Waals surface area contributed by atoms with Crippen LogP contribution in [0.4, 0.5) is 4.39 Å². The molecular weight excluding hydrogens is 449 g/mol. The molecule has 188 valence electrons. The molecule has 0 radical (unpaired) electrons. The van der Waals surface area contributed by atoms with Crippen molar-refractivity contribution < 1.29 is 23.6 Å². The molecule has 1 saturated carbocycles. The summed E-state index contributed by atoms with van der Waals surface area (Å²) in [5.41, 5.74) is 0.697. The van der Waals surface area contributed by atoms with Gasteiger partial charge in [-0.25, -0.2) is 4.39 Å². The van der Waals surface area contributed by atoms with Gasteiger partial charge in [-0.15, -0.1) is 0 Å². The van der Waals surface area contributed by atoms with E-state index < -0.39 is 6.04 Å². The maximum atomic E-state index is 13.4. The minimum Gasteiger partial charge on any atom is -0.352 e. The minimum atomic E-state index is -0.744. The highest BCUT2D eigenvalue weighted by Gasteiger charge is 2.47. The number of nitrogens with zero attached hydrogens (tertiary/aromatic N) is 2. The Morgan fingerprint density at radius 3 is 2.23 bits per heavy atom. The maximum absolute atomic E-state index is 13.4. The molecule has 1 unspecified atom stereocenters. The van der Waals surface area contributed by atoms with E-state index in [1.54, 1.807) is 19.1 Å². The Morgan fingerprint density at radius 1 is 1.03 bits per heavy atom. The number of likely N-dealkylation sites (tertiary alicyclic amines) is 1. The van der Waals surface area contributed by atoms with Crippen LogP contribution in [0.3, 0.4) is 0 Å². The summed E-state index contributed by atoms with van der Waals surface area (Å²) in [5, 5.41) is 3.08. The first-order chi connectivity index (χ1) is 16.8. The summed E-state index contributed by atoms with van der Waals surface area (Å²) < 4.78 is 13.4. The number of hydrogen-bond donors (Lipinski definition) is 1. The number of benzene rings is 1. The predicted molar refractivity (Wildman–Crippen MR) is 128 cm³/mol. The Hall–Kier alpha value is -3.03. The number of fused-ring (bicyclic) bond motifs is 1. The van der Waals surface area contributed by atoms with Crippen molar-refractivity contribution in [2.45, 2.75) is 76.9 Å². The molecule has 1 N–H and O–H groups in total. The van der Waals surface area contributed by atoms with E-state index >= 15 is 0 Å². The molecule has 3 atom stereocenters. The molecule has 0 spiro atoms. The summed E-state index contributed by atoms with van der Waals surface area (Å²) in [7, 11) is 0. The lowest BCUT2D eigenvalue weighted by atomic mass is 9.85. The summed E-state index contributed by atoms with van der Waals surface area (Å²) in [6.07, 6.45) is 10.1. The van der Waals surface area contributed by atoms with Crippen LogP contribution in [0.2, 0.25) is 0 Å². The molecule has 0 bridgehead atoms. The van der Waals surface area contributed by atoms with Gasteiger partial charge in [-0.05, 0) is 50.3 Å². The number of hydrogen-bond acceptors (Lipinski definition) is 4. The second kappa shape index (κ2) is 11.1. The Morgan fingerprint density at radius 2 is 1.63 bits per heavy atom. The predicted octanol–water partition coefficient (Wildman–Crippen LogP) is 3.33. The van der Waals surface area contributed by atoms with E-state index in [1.165, 1.54) is 28.4 Å². The summed E-state index contributed by atoms with van der Waals surface area (Å²) >= 11 is 0. The average Bonchev–Trinajstić information content (AvgIpc) is 3.11. The highest BCUT2D eigenvalue weighted by molar-refractivity contribution is 6.05. The van der Waals surface area contributed by atoms with E-state index in [1.807, 2.05) is 12.2 Å². The smallest absolute Gasteiger partial charge is 0.242 e. The highest BCUT2D eigenvalue weighted by atomic mass is 19.1. The number of carbonyl (C=O) groups excluding carboxylic acids is 4. The van der Waals surface area contributed by atoms with Gasteiger partial charge in [0.2, 0.25) is 23.6 Å². The Kier molecular flexibility index (Phi) is 7.98. The Balaban J connectivity index is 1.44. The lowest BCUT2D eigenvalue weighted by Gasteiger charge is -2.31. The molecular formula is C27H34FN3O4.